The maximum absolute atomic E-state index is 11.5. The van der Waals surface area contributed by atoms with Crippen LogP contribution in [-0.4, -0.2) is 24.3 Å². The summed E-state index contributed by atoms with van der Waals surface area (Å²) in [6.45, 7) is 0.492. The highest BCUT2D eigenvalue weighted by atomic mass is 35.5. The molecule has 0 aliphatic rings. The van der Waals surface area contributed by atoms with Gasteiger partial charge in [0.1, 0.15) is 11.5 Å². The van der Waals surface area contributed by atoms with Gasteiger partial charge in [0.15, 0.2) is 0 Å². The Bertz CT molecular complexity index is 687. The zero-order valence-corrected chi connectivity index (χ0v) is 13.3. The summed E-state index contributed by atoms with van der Waals surface area (Å²) in [5, 5.41) is 11.1. The number of nitro benzene ring substituents is 1. The maximum Gasteiger partial charge on any atom is 0.513 e. The lowest BCUT2D eigenvalue weighted by Gasteiger charge is -2.07. The Morgan fingerprint density at radius 1 is 1.00 bits per heavy atom. The molecule has 126 valence electrons. The second kappa shape index (κ2) is 8.73. The molecule has 2 aromatic rings. The molecule has 0 unspecified atom stereocenters. The standard InChI is InChI=1S/C16H14ClNO6/c17-12-2-6-14(7-3-12)22-10-1-11-23-16(19)24-15-8-4-13(5-9-15)18(20)21/h2-9H,1,10-11H2. The molecule has 0 amide bonds. The molecule has 0 N–H and O–H groups in total. The minimum atomic E-state index is -0.879. The third-order valence-corrected chi connectivity index (χ3v) is 3.09. The van der Waals surface area contributed by atoms with Gasteiger partial charge in [-0.3, -0.25) is 10.1 Å². The topological polar surface area (TPSA) is 87.9 Å². The first kappa shape index (κ1) is 17.6. The number of rotatable bonds is 7. The van der Waals surface area contributed by atoms with Crippen LogP contribution in [0.25, 0.3) is 0 Å². The number of halogens is 1. The van der Waals surface area contributed by atoms with Crippen molar-refractivity contribution in [2.75, 3.05) is 13.2 Å². The van der Waals surface area contributed by atoms with E-state index in [1.807, 2.05) is 0 Å². The molecule has 2 rings (SSSR count). The number of nitro groups is 1. The first-order valence-corrected chi connectivity index (χ1v) is 7.40. The number of benzene rings is 2. The summed E-state index contributed by atoms with van der Waals surface area (Å²) in [7, 11) is 0. The van der Waals surface area contributed by atoms with Crippen LogP contribution >= 0.6 is 11.6 Å². The SMILES string of the molecule is O=C(OCCCOc1ccc(Cl)cc1)Oc1ccc([N+](=O)[O-])cc1. The highest BCUT2D eigenvalue weighted by Crippen LogP contribution is 2.18. The molecule has 0 atom stereocenters. The van der Waals surface area contributed by atoms with Gasteiger partial charge in [-0.2, -0.15) is 0 Å². The molecule has 0 spiro atoms. The van der Waals surface area contributed by atoms with E-state index in [1.54, 1.807) is 24.3 Å². The van der Waals surface area contributed by atoms with E-state index >= 15 is 0 Å². The first-order valence-electron chi connectivity index (χ1n) is 7.02. The third-order valence-electron chi connectivity index (χ3n) is 2.84. The van der Waals surface area contributed by atoms with Gasteiger partial charge in [-0.1, -0.05) is 11.6 Å². The van der Waals surface area contributed by atoms with Crippen molar-refractivity contribution in [2.45, 2.75) is 6.42 Å². The van der Waals surface area contributed by atoms with Crippen LogP contribution in [0.3, 0.4) is 0 Å². The van der Waals surface area contributed by atoms with Gasteiger partial charge in [0, 0.05) is 23.6 Å². The van der Waals surface area contributed by atoms with E-state index < -0.39 is 11.1 Å². The van der Waals surface area contributed by atoms with Gasteiger partial charge in [-0.15, -0.1) is 0 Å². The van der Waals surface area contributed by atoms with Gasteiger partial charge >= 0.3 is 6.16 Å². The highest BCUT2D eigenvalue weighted by Gasteiger charge is 2.09. The number of hydrogen-bond donors (Lipinski definition) is 0. The number of hydrogen-bond acceptors (Lipinski definition) is 6. The molecule has 24 heavy (non-hydrogen) atoms. The van der Waals surface area contributed by atoms with Gasteiger partial charge in [0.05, 0.1) is 18.1 Å². The number of non-ortho nitro benzene ring substituents is 1. The van der Waals surface area contributed by atoms with Crippen LogP contribution in [0, 0.1) is 10.1 Å². The second-order valence-electron chi connectivity index (χ2n) is 4.61. The smallest absolute Gasteiger partial charge is 0.493 e. The lowest BCUT2D eigenvalue weighted by molar-refractivity contribution is -0.384. The third kappa shape index (κ3) is 5.77. The van der Waals surface area contributed by atoms with Gasteiger partial charge < -0.3 is 14.2 Å². The monoisotopic (exact) mass is 351 g/mol. The van der Waals surface area contributed by atoms with Crippen LogP contribution in [0.1, 0.15) is 6.42 Å². The molecule has 0 bridgehead atoms. The molecule has 7 nitrogen and oxygen atoms in total. The Kier molecular flexibility index (Phi) is 6.39. The molecule has 0 aromatic heterocycles. The fraction of sp³-hybridized carbons (Fsp3) is 0.188. The maximum atomic E-state index is 11.5. The molecule has 8 heteroatoms. The van der Waals surface area contributed by atoms with Crippen molar-refractivity contribution in [1.82, 2.24) is 0 Å². The average Bonchev–Trinajstić information content (AvgIpc) is 2.56. The predicted molar refractivity (Wildman–Crippen MR) is 86.6 cm³/mol. The molecular weight excluding hydrogens is 338 g/mol. The zero-order chi connectivity index (χ0) is 17.4. The fourth-order valence-electron chi connectivity index (χ4n) is 1.70. The number of carbonyl (C=O) groups is 1. The molecule has 0 heterocycles. The Balaban J connectivity index is 1.64. The zero-order valence-electron chi connectivity index (χ0n) is 12.5. The van der Waals surface area contributed by atoms with Crippen molar-refractivity contribution in [3.8, 4) is 11.5 Å². The Morgan fingerprint density at radius 3 is 2.25 bits per heavy atom. The van der Waals surface area contributed by atoms with Crippen molar-refractivity contribution in [3.63, 3.8) is 0 Å². The molecule has 0 aliphatic carbocycles. The first-order chi connectivity index (χ1) is 11.5. The molecular formula is C16H14ClNO6. The van der Waals surface area contributed by atoms with Crippen LogP contribution in [-0.2, 0) is 4.74 Å². The van der Waals surface area contributed by atoms with E-state index in [2.05, 4.69) is 0 Å². The van der Waals surface area contributed by atoms with E-state index in [-0.39, 0.29) is 18.0 Å². The number of nitrogens with zero attached hydrogens (tertiary/aromatic N) is 1. The van der Waals surface area contributed by atoms with E-state index in [0.717, 1.165) is 0 Å². The minimum Gasteiger partial charge on any atom is -0.493 e. The molecule has 0 fully saturated rings. The molecule has 0 radical (unpaired) electrons. The number of carbonyl (C=O) groups excluding carboxylic acids is 1. The summed E-state index contributed by atoms with van der Waals surface area (Å²) in [6, 6.07) is 12.0. The lowest BCUT2D eigenvalue weighted by Crippen LogP contribution is -2.13. The summed E-state index contributed by atoms with van der Waals surface area (Å²) in [5.41, 5.74) is -0.0879. The van der Waals surface area contributed by atoms with Crippen LogP contribution < -0.4 is 9.47 Å². The normalized spacial score (nSPS) is 10.0. The fourth-order valence-corrected chi connectivity index (χ4v) is 1.82. The Hall–Kier alpha value is -2.80. The van der Waals surface area contributed by atoms with E-state index in [0.29, 0.717) is 23.8 Å². The summed E-state index contributed by atoms with van der Waals surface area (Å²) in [6.07, 6.45) is -0.395. The van der Waals surface area contributed by atoms with Gasteiger partial charge in [0.25, 0.3) is 5.69 Å². The quantitative estimate of drug-likeness (QED) is 0.244. The van der Waals surface area contributed by atoms with Gasteiger partial charge in [-0.05, 0) is 36.4 Å². The van der Waals surface area contributed by atoms with E-state index in [9.17, 15) is 14.9 Å². The van der Waals surface area contributed by atoms with Crippen LogP contribution in [0.15, 0.2) is 48.5 Å². The second-order valence-corrected chi connectivity index (χ2v) is 5.04. The molecule has 2 aromatic carbocycles. The van der Waals surface area contributed by atoms with E-state index in [1.165, 1.54) is 24.3 Å². The Morgan fingerprint density at radius 2 is 1.62 bits per heavy atom. The molecule has 0 saturated carbocycles. The summed E-state index contributed by atoms with van der Waals surface area (Å²) >= 11 is 5.76. The van der Waals surface area contributed by atoms with Crippen molar-refractivity contribution in [3.05, 3.63) is 63.7 Å². The largest absolute Gasteiger partial charge is 0.513 e. The van der Waals surface area contributed by atoms with Crippen molar-refractivity contribution in [2.24, 2.45) is 0 Å². The lowest BCUT2D eigenvalue weighted by atomic mass is 10.3. The van der Waals surface area contributed by atoms with Crippen LogP contribution in [0.2, 0.25) is 5.02 Å². The molecule has 0 saturated heterocycles. The average molecular weight is 352 g/mol. The predicted octanol–water partition coefficient (Wildman–Crippen LogP) is 4.23. The minimum absolute atomic E-state index is 0.0879. The van der Waals surface area contributed by atoms with Crippen molar-refractivity contribution >= 4 is 23.4 Å². The van der Waals surface area contributed by atoms with Gasteiger partial charge in [0.2, 0.25) is 0 Å². The number of ether oxygens (including phenoxy) is 3. The van der Waals surface area contributed by atoms with Crippen molar-refractivity contribution in [1.29, 1.82) is 0 Å². The summed E-state index contributed by atoms with van der Waals surface area (Å²) < 4.78 is 15.2. The summed E-state index contributed by atoms with van der Waals surface area (Å²) in [4.78, 5) is 21.4. The van der Waals surface area contributed by atoms with Crippen LogP contribution in [0.5, 0.6) is 11.5 Å². The summed E-state index contributed by atoms with van der Waals surface area (Å²) in [5.74, 6) is 0.843. The van der Waals surface area contributed by atoms with E-state index in [4.69, 9.17) is 25.8 Å². The van der Waals surface area contributed by atoms with Crippen LogP contribution in [0.4, 0.5) is 10.5 Å². The van der Waals surface area contributed by atoms with Gasteiger partial charge in [-0.25, -0.2) is 4.79 Å². The highest BCUT2D eigenvalue weighted by molar-refractivity contribution is 6.30. The van der Waals surface area contributed by atoms with Crippen molar-refractivity contribution < 1.29 is 23.9 Å². The Labute approximate surface area is 142 Å². The molecule has 0 aliphatic heterocycles.